The molecule has 2 saturated carbocycles. The molecule has 1 aromatic heterocycles. The van der Waals surface area contributed by atoms with Crippen LogP contribution in [0.5, 0.6) is 0 Å². The Hall–Kier alpha value is -2.32. The lowest BCUT2D eigenvalue weighted by Crippen LogP contribution is -2.26. The molecule has 2 fully saturated rings. The van der Waals surface area contributed by atoms with Gasteiger partial charge in [-0.2, -0.15) is 0 Å². The Morgan fingerprint density at radius 1 is 0.880 bits per heavy atom. The highest BCUT2D eigenvalue weighted by molar-refractivity contribution is 5.58. The van der Waals surface area contributed by atoms with E-state index in [4.69, 9.17) is 9.15 Å². The van der Waals surface area contributed by atoms with Crippen LogP contribution < -0.4 is 0 Å². The fourth-order valence-electron chi connectivity index (χ4n) is 4.52. The summed E-state index contributed by atoms with van der Waals surface area (Å²) in [6, 6.07) is 25.1. The van der Waals surface area contributed by atoms with Gasteiger partial charge < -0.3 is 9.15 Å². The maximum Gasteiger partial charge on any atom is 0.134 e. The van der Waals surface area contributed by atoms with Crippen LogP contribution in [0, 0.1) is 5.92 Å². The zero-order valence-corrected chi connectivity index (χ0v) is 14.2. The normalized spacial score (nSPS) is 27.2. The van der Waals surface area contributed by atoms with Crippen LogP contribution in [0.25, 0.3) is 11.3 Å². The summed E-state index contributed by atoms with van der Waals surface area (Å²) in [6.45, 7) is 0.687. The second-order valence-corrected chi connectivity index (χ2v) is 7.33. The minimum atomic E-state index is 0.113. The number of hydrogen-bond donors (Lipinski definition) is 0. The molecular formula is C23H22O2. The monoisotopic (exact) mass is 330 g/mol. The van der Waals surface area contributed by atoms with Gasteiger partial charge in [-0.1, -0.05) is 60.7 Å². The van der Waals surface area contributed by atoms with E-state index >= 15 is 0 Å². The Kier molecular flexibility index (Phi) is 3.53. The number of hydrogen-bond acceptors (Lipinski definition) is 2. The fourth-order valence-corrected chi connectivity index (χ4v) is 4.52. The first-order chi connectivity index (χ1) is 12.4. The van der Waals surface area contributed by atoms with Crippen LogP contribution in [-0.2, 0) is 16.8 Å². The van der Waals surface area contributed by atoms with Crippen molar-refractivity contribution in [3.63, 3.8) is 0 Å². The summed E-state index contributed by atoms with van der Waals surface area (Å²) in [6.07, 6.45) is 3.86. The van der Waals surface area contributed by atoms with E-state index in [1.54, 1.807) is 0 Å². The summed E-state index contributed by atoms with van der Waals surface area (Å²) in [5, 5.41) is 0. The third-order valence-corrected chi connectivity index (χ3v) is 5.92. The first-order valence-corrected chi connectivity index (χ1v) is 9.17. The molecule has 25 heavy (non-hydrogen) atoms. The molecule has 2 heteroatoms. The van der Waals surface area contributed by atoms with Gasteiger partial charge in [-0.3, -0.25) is 0 Å². The van der Waals surface area contributed by atoms with Gasteiger partial charge in [0.1, 0.15) is 11.5 Å². The first kappa shape index (κ1) is 15.0. The number of ether oxygens (including phenoxy) is 1. The molecule has 3 atom stereocenters. The third kappa shape index (κ3) is 2.52. The number of furan rings is 1. The van der Waals surface area contributed by atoms with Crippen LogP contribution in [0.3, 0.4) is 0 Å². The zero-order chi connectivity index (χ0) is 16.7. The van der Waals surface area contributed by atoms with Crippen molar-refractivity contribution in [1.82, 2.24) is 0 Å². The smallest absolute Gasteiger partial charge is 0.134 e. The maximum atomic E-state index is 6.36. The second-order valence-electron chi connectivity index (χ2n) is 7.33. The van der Waals surface area contributed by atoms with Crippen molar-refractivity contribution < 1.29 is 9.15 Å². The van der Waals surface area contributed by atoms with E-state index in [0.29, 0.717) is 6.61 Å². The molecule has 0 radical (unpaired) electrons. The van der Waals surface area contributed by atoms with E-state index in [0.717, 1.165) is 29.4 Å². The van der Waals surface area contributed by atoms with Gasteiger partial charge in [0.15, 0.2) is 0 Å². The summed E-state index contributed by atoms with van der Waals surface area (Å²) in [7, 11) is 0. The molecule has 0 bridgehead atoms. The minimum absolute atomic E-state index is 0.113. The Morgan fingerprint density at radius 3 is 2.40 bits per heavy atom. The highest BCUT2D eigenvalue weighted by Crippen LogP contribution is 2.65. The van der Waals surface area contributed by atoms with Crippen molar-refractivity contribution in [2.24, 2.45) is 5.92 Å². The molecule has 0 spiro atoms. The van der Waals surface area contributed by atoms with Gasteiger partial charge in [0.2, 0.25) is 0 Å². The highest BCUT2D eigenvalue weighted by Gasteiger charge is 2.66. The topological polar surface area (TPSA) is 22.4 Å². The van der Waals surface area contributed by atoms with Crippen molar-refractivity contribution in [3.05, 3.63) is 84.1 Å². The summed E-state index contributed by atoms with van der Waals surface area (Å²) in [5.41, 5.74) is 2.50. The Balaban J connectivity index is 1.37. The zero-order valence-electron chi connectivity index (χ0n) is 14.2. The van der Waals surface area contributed by atoms with Crippen molar-refractivity contribution in [1.29, 1.82) is 0 Å². The largest absolute Gasteiger partial charge is 0.460 e. The average Bonchev–Trinajstić information content (AvgIpc) is 3.05. The minimum Gasteiger partial charge on any atom is -0.460 e. The number of fused-ring (bicyclic) bond motifs is 1. The SMILES string of the molecule is c1ccc(CO[C@H]2CCC3C[C@]32c2ccc(-c3ccccc3)o2)cc1. The molecule has 1 heterocycles. The molecule has 126 valence electrons. The van der Waals surface area contributed by atoms with E-state index in [2.05, 4.69) is 60.7 Å². The summed E-state index contributed by atoms with van der Waals surface area (Å²) < 4.78 is 12.7. The van der Waals surface area contributed by atoms with E-state index in [9.17, 15) is 0 Å². The van der Waals surface area contributed by atoms with Crippen LogP contribution >= 0.6 is 0 Å². The molecule has 1 unspecified atom stereocenters. The average molecular weight is 330 g/mol. The lowest BCUT2D eigenvalue weighted by atomic mass is 9.97. The quantitative estimate of drug-likeness (QED) is 0.609. The van der Waals surface area contributed by atoms with Crippen molar-refractivity contribution >= 4 is 0 Å². The van der Waals surface area contributed by atoms with Gasteiger partial charge >= 0.3 is 0 Å². The molecule has 3 aromatic rings. The maximum absolute atomic E-state index is 6.36. The molecule has 0 saturated heterocycles. The molecule has 2 aliphatic carbocycles. The standard InChI is InChI=1S/C23H22O2/c1-3-7-17(8-4-1)16-24-21-13-11-19-15-23(19,21)22-14-12-20(25-22)18-9-5-2-6-10-18/h1-10,12,14,19,21H,11,13,15-16H2/t19?,21-,23-/m0/s1. The van der Waals surface area contributed by atoms with Gasteiger partial charge in [0, 0.05) is 5.56 Å². The molecule has 0 amide bonds. The van der Waals surface area contributed by atoms with Gasteiger partial charge in [-0.25, -0.2) is 0 Å². The summed E-state index contributed by atoms with van der Waals surface area (Å²) in [4.78, 5) is 0. The van der Waals surface area contributed by atoms with Gasteiger partial charge in [-0.05, 0) is 42.9 Å². The van der Waals surface area contributed by atoms with Crippen LogP contribution in [-0.4, -0.2) is 6.10 Å². The van der Waals surface area contributed by atoms with Gasteiger partial charge in [-0.15, -0.1) is 0 Å². The Morgan fingerprint density at radius 2 is 1.64 bits per heavy atom. The molecule has 5 rings (SSSR count). The van der Waals surface area contributed by atoms with Crippen molar-refractivity contribution in [2.75, 3.05) is 0 Å². The van der Waals surface area contributed by atoms with Gasteiger partial charge in [0.25, 0.3) is 0 Å². The van der Waals surface area contributed by atoms with E-state index in [-0.39, 0.29) is 11.5 Å². The van der Waals surface area contributed by atoms with Crippen LogP contribution in [0.1, 0.15) is 30.6 Å². The predicted octanol–water partition coefficient (Wildman–Crippen LogP) is 5.58. The van der Waals surface area contributed by atoms with E-state index in [1.807, 2.05) is 12.1 Å². The van der Waals surface area contributed by atoms with Crippen LogP contribution in [0.15, 0.2) is 77.2 Å². The first-order valence-electron chi connectivity index (χ1n) is 9.17. The molecule has 2 aromatic carbocycles. The van der Waals surface area contributed by atoms with Crippen LogP contribution in [0.4, 0.5) is 0 Å². The summed E-state index contributed by atoms with van der Waals surface area (Å²) in [5.74, 6) is 2.80. The highest BCUT2D eigenvalue weighted by atomic mass is 16.5. The molecule has 2 aliphatic rings. The lowest BCUT2D eigenvalue weighted by molar-refractivity contribution is 0.0157. The fraction of sp³-hybridized carbons (Fsp3) is 0.304. The predicted molar refractivity (Wildman–Crippen MR) is 98.2 cm³/mol. The number of benzene rings is 2. The second kappa shape index (κ2) is 5.89. The molecule has 0 N–H and O–H groups in total. The Bertz CT molecular complexity index is 852. The molecular weight excluding hydrogens is 308 g/mol. The third-order valence-electron chi connectivity index (χ3n) is 5.92. The lowest BCUT2D eigenvalue weighted by Gasteiger charge is -2.22. The Labute approximate surface area is 148 Å². The van der Waals surface area contributed by atoms with Crippen LogP contribution in [0.2, 0.25) is 0 Å². The molecule has 0 aliphatic heterocycles. The van der Waals surface area contributed by atoms with Gasteiger partial charge in [0.05, 0.1) is 18.1 Å². The van der Waals surface area contributed by atoms with E-state index in [1.165, 1.54) is 18.4 Å². The summed E-state index contributed by atoms with van der Waals surface area (Å²) >= 11 is 0. The van der Waals surface area contributed by atoms with Crippen molar-refractivity contribution in [3.8, 4) is 11.3 Å². The molecule has 2 nitrogen and oxygen atoms in total. The van der Waals surface area contributed by atoms with E-state index < -0.39 is 0 Å². The van der Waals surface area contributed by atoms with Crippen molar-refractivity contribution in [2.45, 2.75) is 37.4 Å². The number of rotatable bonds is 5.